The number of fused-ring (bicyclic) bond motifs is 5. The molecule has 1 N–H and O–H groups in total. The zero-order chi connectivity index (χ0) is 28.5. The van der Waals surface area contributed by atoms with Crippen LogP contribution in [0.1, 0.15) is 66.1 Å². The molecule has 41 heavy (non-hydrogen) atoms. The minimum atomic E-state index is -1.11. The second-order valence-electron chi connectivity index (χ2n) is 11.1. The van der Waals surface area contributed by atoms with Gasteiger partial charge in [0.15, 0.2) is 0 Å². The van der Waals surface area contributed by atoms with Gasteiger partial charge in [-0.15, -0.1) is 16.8 Å². The van der Waals surface area contributed by atoms with E-state index in [0.29, 0.717) is 34.1 Å². The molecule has 2 unspecified atom stereocenters. The van der Waals surface area contributed by atoms with Crippen molar-refractivity contribution in [1.82, 2.24) is 4.98 Å². The molecule has 6 rings (SSSR count). The van der Waals surface area contributed by atoms with E-state index in [1.807, 2.05) is 45.9 Å². The molecule has 1 aromatic rings. The Kier molecular flexibility index (Phi) is 7.56. The van der Waals surface area contributed by atoms with Gasteiger partial charge < -0.3 is 25.1 Å². The van der Waals surface area contributed by atoms with E-state index in [2.05, 4.69) is 6.92 Å². The summed E-state index contributed by atoms with van der Waals surface area (Å²) in [7, 11) is 0. The van der Waals surface area contributed by atoms with Crippen molar-refractivity contribution in [3.63, 3.8) is 0 Å². The molecule has 0 fully saturated rings. The van der Waals surface area contributed by atoms with Crippen LogP contribution in [0, 0.1) is 18.8 Å². The number of allylic oxidation sites excluding steroid dienone is 6. The van der Waals surface area contributed by atoms with Crippen LogP contribution in [-0.4, -0.2) is 34.8 Å². The summed E-state index contributed by atoms with van der Waals surface area (Å²) in [4.78, 5) is 31.3. The number of aliphatic hydroxyl groups excluding tert-OH is 1. The van der Waals surface area contributed by atoms with Gasteiger partial charge in [0.05, 0.1) is 29.4 Å². The zero-order valence-corrected chi connectivity index (χ0v) is 24.7. The van der Waals surface area contributed by atoms with Crippen molar-refractivity contribution >= 4 is 40.5 Å². The average Bonchev–Trinajstić information content (AvgIpc) is 3.65. The number of carboxylic acid groups (broad SMARTS) is 1. The molecule has 214 valence electrons. The molecular formula is C32H32N4NiO4. The second kappa shape index (κ2) is 10.7. The molecule has 8 nitrogen and oxygen atoms in total. The van der Waals surface area contributed by atoms with Gasteiger partial charge in [0.2, 0.25) is 0 Å². The van der Waals surface area contributed by atoms with E-state index >= 15 is 0 Å². The molecule has 5 aliphatic rings. The summed E-state index contributed by atoms with van der Waals surface area (Å²) in [5, 5.41) is 36.3. The number of aliphatic hydroxyl groups is 1. The molecule has 4 aliphatic heterocycles. The van der Waals surface area contributed by atoms with Gasteiger partial charge in [0, 0.05) is 34.8 Å². The molecule has 0 saturated carbocycles. The van der Waals surface area contributed by atoms with Crippen LogP contribution in [0.3, 0.4) is 0 Å². The molecule has 0 radical (unpaired) electrons. The van der Waals surface area contributed by atoms with Crippen LogP contribution in [0.2, 0.25) is 0 Å². The van der Waals surface area contributed by atoms with Gasteiger partial charge in [-0.1, -0.05) is 25.5 Å². The topological polar surface area (TPSA) is 135 Å². The van der Waals surface area contributed by atoms with Crippen molar-refractivity contribution < 1.29 is 38.0 Å². The first-order chi connectivity index (χ1) is 19.1. The molecule has 0 spiro atoms. The number of aliphatic imine (C=N–C) groups is 3. The van der Waals surface area contributed by atoms with Crippen molar-refractivity contribution in [2.24, 2.45) is 26.8 Å². The van der Waals surface area contributed by atoms with E-state index in [-0.39, 0.29) is 55.0 Å². The molecule has 0 aromatic carbocycles. The van der Waals surface area contributed by atoms with Gasteiger partial charge in [0.1, 0.15) is 0 Å². The van der Waals surface area contributed by atoms with Crippen LogP contribution >= 0.6 is 0 Å². The first-order valence-electron chi connectivity index (χ1n) is 13.8. The molecule has 5 heterocycles. The molecule has 0 saturated heterocycles. The minimum absolute atomic E-state index is 0. The van der Waals surface area contributed by atoms with Gasteiger partial charge in [0.25, 0.3) is 0 Å². The van der Waals surface area contributed by atoms with Crippen LogP contribution in [-0.2, 0) is 21.3 Å². The Hall–Kier alpha value is -3.55. The fourth-order valence-corrected chi connectivity index (χ4v) is 6.51. The summed E-state index contributed by atoms with van der Waals surface area (Å²) < 4.78 is 0. The first-order valence-corrected chi connectivity index (χ1v) is 13.8. The maximum atomic E-state index is 13.3. The zero-order valence-electron chi connectivity index (χ0n) is 24.7. The van der Waals surface area contributed by atoms with Crippen molar-refractivity contribution in [2.45, 2.75) is 60.3 Å². The summed E-state index contributed by atoms with van der Waals surface area (Å²) in [6.07, 6.45) is 7.02. The van der Waals surface area contributed by atoms with Crippen molar-refractivity contribution in [3.05, 3.63) is 73.4 Å². The third kappa shape index (κ3) is 4.56. The summed E-state index contributed by atoms with van der Waals surface area (Å²) in [5.41, 5.74) is 10.5. The predicted octanol–water partition coefficient (Wildman–Crippen LogP) is 1.39. The number of rotatable bonds is 5. The Labute approximate surface area is 250 Å². The fourth-order valence-electron chi connectivity index (χ4n) is 6.51. The number of hydrogen-bond donors (Lipinski definition) is 1. The number of carbonyl (C=O) groups is 1. The fraction of sp³-hybridized carbons (Fsp3) is 0.375. The minimum Gasteiger partial charge on any atom is -0.875 e. The largest absolute Gasteiger partial charge is 2.00 e. The van der Waals surface area contributed by atoms with E-state index in [4.69, 9.17) is 20.0 Å². The van der Waals surface area contributed by atoms with Crippen LogP contribution in [0.15, 0.2) is 66.5 Å². The summed E-state index contributed by atoms with van der Waals surface area (Å²) in [6, 6.07) is 0. The Morgan fingerprint density at radius 1 is 1.07 bits per heavy atom. The standard InChI is InChI=1S/C32H34N4O4.Ni/c1-6-18-14(2)23-11-27-21(13-37)16(4)22(34-27)10-24-15(3)19(7-8-29(39)40)31(35-24)20-9-28(38)30-17(5)25(36-32(20)30)12-26(18)33-23;/h10-12,15,19,37H,6-9,13H2,1-5H3,(H3,33,34,35,36,38,39,40);/q;+2/p-2. The van der Waals surface area contributed by atoms with Gasteiger partial charge in [-0.3, -0.25) is 4.99 Å². The van der Waals surface area contributed by atoms with Crippen LogP contribution in [0.5, 0.6) is 0 Å². The van der Waals surface area contributed by atoms with Crippen LogP contribution in [0.4, 0.5) is 0 Å². The Morgan fingerprint density at radius 2 is 1.73 bits per heavy atom. The number of carbonyl (C=O) groups excluding carboxylic acids is 1. The number of aromatic nitrogens is 1. The predicted molar refractivity (Wildman–Crippen MR) is 152 cm³/mol. The number of nitrogens with zero attached hydrogens (tertiary/aromatic N) is 4. The Morgan fingerprint density at radius 3 is 2.39 bits per heavy atom. The van der Waals surface area contributed by atoms with E-state index < -0.39 is 5.97 Å². The normalized spacial score (nSPS) is 22.9. The van der Waals surface area contributed by atoms with E-state index in [9.17, 15) is 20.1 Å². The Balaban J connectivity index is 0.00000202. The molecule has 0 amide bonds. The molecular weight excluding hydrogens is 563 g/mol. The summed E-state index contributed by atoms with van der Waals surface area (Å²) in [5.74, 6) is -1.42. The quantitative estimate of drug-likeness (QED) is 0.514. The number of carboxylic acids is 1. The average molecular weight is 595 g/mol. The van der Waals surface area contributed by atoms with Gasteiger partial charge in [-0.05, 0) is 86.1 Å². The van der Waals surface area contributed by atoms with Crippen LogP contribution in [0.25, 0.3) is 17.4 Å². The number of hydrogen-bond acceptors (Lipinski definition) is 7. The van der Waals surface area contributed by atoms with Gasteiger partial charge in [-0.2, -0.15) is 0 Å². The van der Waals surface area contributed by atoms with E-state index in [1.54, 1.807) is 0 Å². The molecule has 1 aromatic heterocycles. The molecule has 2 atom stereocenters. The van der Waals surface area contributed by atoms with E-state index in [0.717, 1.165) is 62.7 Å². The monoisotopic (exact) mass is 594 g/mol. The smallest absolute Gasteiger partial charge is 0.875 e. The summed E-state index contributed by atoms with van der Waals surface area (Å²) in [6.45, 7) is 9.86. The first kappa shape index (κ1) is 29.0. The van der Waals surface area contributed by atoms with Gasteiger partial charge >= 0.3 is 17.9 Å². The second-order valence-corrected chi connectivity index (χ2v) is 11.1. The number of aliphatic carboxylic acids is 1. The maximum absolute atomic E-state index is 13.3. The molecule has 1 aliphatic carbocycles. The molecule has 8 bridgehead atoms. The third-order valence-electron chi connectivity index (χ3n) is 8.89. The Bertz CT molecular complexity index is 1780. The maximum Gasteiger partial charge on any atom is 2.00 e. The van der Waals surface area contributed by atoms with Crippen molar-refractivity contribution in [2.75, 3.05) is 6.61 Å². The molecule has 9 heteroatoms. The van der Waals surface area contributed by atoms with Crippen molar-refractivity contribution in [1.29, 1.82) is 0 Å². The van der Waals surface area contributed by atoms with Crippen molar-refractivity contribution in [3.8, 4) is 0 Å². The third-order valence-corrected chi connectivity index (χ3v) is 8.89. The summed E-state index contributed by atoms with van der Waals surface area (Å²) >= 11 is 0. The van der Waals surface area contributed by atoms with Gasteiger partial charge in [-0.25, -0.2) is 9.98 Å². The SMILES string of the molecule is CCC1=C(C)C2=NC1=Cc1[n-]c3c(c1C)=C([O-])CC=3C1=NC(=CC3=NC(=C2)C(CO)=C3C)C(C)C1CCC(=O)[O-].[H+].[Ni+2]. The van der Waals surface area contributed by atoms with Crippen LogP contribution < -0.4 is 25.8 Å². The van der Waals surface area contributed by atoms with E-state index in [1.165, 1.54) is 0 Å².